The normalized spacial score (nSPS) is 13.2. The average Bonchev–Trinajstić information content (AvgIpc) is 2.81. The summed E-state index contributed by atoms with van der Waals surface area (Å²) in [7, 11) is 0. The number of halogens is 2. The number of rotatable bonds is 4. The van der Waals surface area contributed by atoms with E-state index in [1.54, 1.807) is 24.3 Å². The summed E-state index contributed by atoms with van der Waals surface area (Å²) in [4.78, 5) is 38.1. The van der Waals surface area contributed by atoms with E-state index in [1.807, 2.05) is 19.9 Å². The molecule has 0 atom stereocenters. The van der Waals surface area contributed by atoms with Gasteiger partial charge in [0.1, 0.15) is 0 Å². The SMILES string of the molecule is Cc1cc(C)c(NC(=O)CCN2C(=O)c3cccc(Cl)c3C2=O)c(Cl)c1. The van der Waals surface area contributed by atoms with Crippen molar-refractivity contribution in [2.24, 2.45) is 0 Å². The molecule has 0 bridgehead atoms. The Morgan fingerprint density at radius 2 is 1.81 bits per heavy atom. The number of nitrogens with zero attached hydrogens (tertiary/aromatic N) is 1. The standard InChI is InChI=1S/C19H16Cl2N2O3/c1-10-8-11(2)17(14(21)9-10)22-15(24)6-7-23-18(25)12-4-3-5-13(20)16(12)19(23)26/h3-5,8-9H,6-7H2,1-2H3,(H,22,24). The number of hydrogen-bond acceptors (Lipinski definition) is 3. The minimum Gasteiger partial charge on any atom is -0.324 e. The Labute approximate surface area is 160 Å². The first-order valence-corrected chi connectivity index (χ1v) is 8.76. The van der Waals surface area contributed by atoms with Gasteiger partial charge in [-0.1, -0.05) is 35.3 Å². The van der Waals surface area contributed by atoms with Crippen molar-refractivity contribution in [1.82, 2.24) is 4.90 Å². The highest BCUT2D eigenvalue weighted by Gasteiger charge is 2.37. The highest BCUT2D eigenvalue weighted by Crippen LogP contribution is 2.30. The number of fused-ring (bicyclic) bond motifs is 1. The number of nitrogens with one attached hydrogen (secondary N) is 1. The van der Waals surface area contributed by atoms with Crippen molar-refractivity contribution in [2.45, 2.75) is 20.3 Å². The largest absolute Gasteiger partial charge is 0.324 e. The van der Waals surface area contributed by atoms with Crippen LogP contribution in [-0.4, -0.2) is 29.2 Å². The zero-order valence-corrected chi connectivity index (χ0v) is 15.7. The molecule has 2 aromatic carbocycles. The molecule has 0 aliphatic carbocycles. The lowest BCUT2D eigenvalue weighted by atomic mass is 10.1. The first kappa shape index (κ1) is 18.4. The number of amides is 3. The van der Waals surface area contributed by atoms with Gasteiger partial charge >= 0.3 is 0 Å². The molecule has 2 aromatic rings. The van der Waals surface area contributed by atoms with E-state index in [0.717, 1.165) is 16.0 Å². The number of imide groups is 1. The molecule has 3 rings (SSSR count). The van der Waals surface area contributed by atoms with Gasteiger partial charge in [0.25, 0.3) is 11.8 Å². The Morgan fingerprint density at radius 3 is 2.46 bits per heavy atom. The molecule has 7 heteroatoms. The summed E-state index contributed by atoms with van der Waals surface area (Å²) in [6.45, 7) is 3.73. The molecule has 0 spiro atoms. The van der Waals surface area contributed by atoms with Gasteiger partial charge in [-0.05, 0) is 43.2 Å². The van der Waals surface area contributed by atoms with Crippen LogP contribution in [0.4, 0.5) is 5.69 Å². The molecule has 26 heavy (non-hydrogen) atoms. The van der Waals surface area contributed by atoms with Crippen LogP contribution in [0.25, 0.3) is 0 Å². The lowest BCUT2D eigenvalue weighted by Crippen LogP contribution is -2.33. The summed E-state index contributed by atoms with van der Waals surface area (Å²) in [5.74, 6) is -1.25. The molecule has 0 aromatic heterocycles. The summed E-state index contributed by atoms with van der Waals surface area (Å²) >= 11 is 12.2. The third kappa shape index (κ3) is 3.32. The summed E-state index contributed by atoms with van der Waals surface area (Å²) in [6, 6.07) is 8.40. The maximum absolute atomic E-state index is 12.4. The summed E-state index contributed by atoms with van der Waals surface area (Å²) in [5.41, 5.74) is 2.83. The van der Waals surface area contributed by atoms with Crippen LogP contribution in [-0.2, 0) is 4.79 Å². The lowest BCUT2D eigenvalue weighted by Gasteiger charge is -2.15. The molecular weight excluding hydrogens is 375 g/mol. The second-order valence-corrected chi connectivity index (χ2v) is 6.98. The summed E-state index contributed by atoms with van der Waals surface area (Å²) < 4.78 is 0. The first-order chi connectivity index (χ1) is 12.3. The van der Waals surface area contributed by atoms with Crippen molar-refractivity contribution in [2.75, 3.05) is 11.9 Å². The molecule has 0 saturated carbocycles. The van der Waals surface area contributed by atoms with Gasteiger partial charge in [-0.15, -0.1) is 0 Å². The monoisotopic (exact) mass is 390 g/mol. The van der Waals surface area contributed by atoms with E-state index < -0.39 is 11.8 Å². The van der Waals surface area contributed by atoms with Crippen LogP contribution in [0.15, 0.2) is 30.3 Å². The van der Waals surface area contributed by atoms with E-state index in [1.165, 1.54) is 0 Å². The molecule has 0 saturated heterocycles. The van der Waals surface area contributed by atoms with Crippen LogP contribution < -0.4 is 5.32 Å². The third-order valence-corrected chi connectivity index (χ3v) is 4.82. The topological polar surface area (TPSA) is 66.5 Å². The van der Waals surface area contributed by atoms with Crippen LogP contribution in [0.1, 0.15) is 38.3 Å². The molecule has 1 N–H and O–H groups in total. The molecule has 5 nitrogen and oxygen atoms in total. The molecule has 0 fully saturated rings. The predicted octanol–water partition coefficient (Wildman–Crippen LogP) is 4.24. The molecule has 1 aliphatic rings. The summed E-state index contributed by atoms with van der Waals surface area (Å²) in [5, 5.41) is 3.42. The molecule has 134 valence electrons. The second-order valence-electron chi connectivity index (χ2n) is 6.16. The Morgan fingerprint density at radius 1 is 1.08 bits per heavy atom. The van der Waals surface area contributed by atoms with Gasteiger partial charge in [-0.3, -0.25) is 19.3 Å². The van der Waals surface area contributed by atoms with Gasteiger partial charge in [0, 0.05) is 13.0 Å². The molecule has 0 unspecified atom stereocenters. The highest BCUT2D eigenvalue weighted by molar-refractivity contribution is 6.37. The minimum absolute atomic E-state index is 0.0307. The number of anilines is 1. The Balaban J connectivity index is 1.69. The fourth-order valence-corrected chi connectivity index (χ4v) is 3.61. The third-order valence-electron chi connectivity index (χ3n) is 4.21. The fourth-order valence-electron chi connectivity index (χ4n) is 2.98. The van der Waals surface area contributed by atoms with Gasteiger partial charge in [0.05, 0.1) is 26.9 Å². The quantitative estimate of drug-likeness (QED) is 0.793. The summed E-state index contributed by atoms with van der Waals surface area (Å²) in [6.07, 6.45) is -0.0350. The number of aryl methyl sites for hydroxylation is 2. The zero-order chi connectivity index (χ0) is 19.0. The van der Waals surface area contributed by atoms with Crippen molar-refractivity contribution in [1.29, 1.82) is 0 Å². The molecular formula is C19H16Cl2N2O3. The average molecular weight is 391 g/mol. The number of carbonyl (C=O) groups excluding carboxylic acids is 3. The van der Waals surface area contributed by atoms with Crippen LogP contribution in [0.3, 0.4) is 0 Å². The maximum Gasteiger partial charge on any atom is 0.263 e. The number of carbonyl (C=O) groups is 3. The molecule has 1 heterocycles. The van der Waals surface area contributed by atoms with Crippen molar-refractivity contribution in [3.8, 4) is 0 Å². The van der Waals surface area contributed by atoms with E-state index in [4.69, 9.17) is 23.2 Å². The number of hydrogen-bond donors (Lipinski definition) is 1. The van der Waals surface area contributed by atoms with Gasteiger partial charge in [0.15, 0.2) is 0 Å². The first-order valence-electron chi connectivity index (χ1n) is 8.01. The van der Waals surface area contributed by atoms with E-state index in [-0.39, 0.29) is 35.0 Å². The van der Waals surface area contributed by atoms with Crippen molar-refractivity contribution in [3.63, 3.8) is 0 Å². The Bertz CT molecular complexity index is 917. The zero-order valence-electron chi connectivity index (χ0n) is 14.2. The Hall–Kier alpha value is -2.37. The van der Waals surface area contributed by atoms with Gasteiger partial charge in [-0.2, -0.15) is 0 Å². The molecule has 3 amide bonds. The van der Waals surface area contributed by atoms with Crippen LogP contribution >= 0.6 is 23.2 Å². The van der Waals surface area contributed by atoms with E-state index in [0.29, 0.717) is 10.7 Å². The van der Waals surface area contributed by atoms with E-state index in [9.17, 15) is 14.4 Å². The van der Waals surface area contributed by atoms with Crippen LogP contribution in [0, 0.1) is 13.8 Å². The predicted molar refractivity (Wildman–Crippen MR) is 101 cm³/mol. The van der Waals surface area contributed by atoms with Crippen LogP contribution in [0.5, 0.6) is 0 Å². The Kier molecular flexibility index (Phi) is 5.03. The van der Waals surface area contributed by atoms with Gasteiger partial charge in [-0.25, -0.2) is 0 Å². The molecule has 0 radical (unpaired) electrons. The molecule has 1 aliphatic heterocycles. The van der Waals surface area contributed by atoms with Gasteiger partial charge < -0.3 is 5.32 Å². The van der Waals surface area contributed by atoms with E-state index >= 15 is 0 Å². The van der Waals surface area contributed by atoms with E-state index in [2.05, 4.69) is 5.32 Å². The highest BCUT2D eigenvalue weighted by atomic mass is 35.5. The van der Waals surface area contributed by atoms with Crippen LogP contribution in [0.2, 0.25) is 10.0 Å². The lowest BCUT2D eigenvalue weighted by molar-refractivity contribution is -0.116. The van der Waals surface area contributed by atoms with Crippen molar-refractivity contribution >= 4 is 46.6 Å². The minimum atomic E-state index is -0.479. The fraction of sp³-hybridized carbons (Fsp3) is 0.211. The maximum atomic E-state index is 12.4. The van der Waals surface area contributed by atoms with Crippen molar-refractivity contribution in [3.05, 3.63) is 62.6 Å². The number of benzene rings is 2. The smallest absolute Gasteiger partial charge is 0.263 e. The second kappa shape index (κ2) is 7.09. The van der Waals surface area contributed by atoms with Gasteiger partial charge in [0.2, 0.25) is 5.91 Å². The van der Waals surface area contributed by atoms with Crippen molar-refractivity contribution < 1.29 is 14.4 Å².